The van der Waals surface area contributed by atoms with E-state index in [1.807, 2.05) is 0 Å². The van der Waals surface area contributed by atoms with Gasteiger partial charge in [-0.2, -0.15) is 0 Å². The Hall–Kier alpha value is -0.380. The van der Waals surface area contributed by atoms with Crippen LogP contribution in [0.1, 0.15) is 44.6 Å². The summed E-state index contributed by atoms with van der Waals surface area (Å²) < 4.78 is 1.16. The largest absolute Gasteiger partial charge is 0.312 e. The summed E-state index contributed by atoms with van der Waals surface area (Å²) in [4.78, 5) is 2.48. The van der Waals surface area contributed by atoms with Crippen molar-refractivity contribution in [1.82, 2.24) is 10.2 Å². The maximum absolute atomic E-state index is 3.78. The van der Waals surface area contributed by atoms with Crippen LogP contribution < -0.4 is 5.32 Å². The standard InChI is InChI=1S/C18H29BrN2/c1-4-20-17(14-15-8-10-16(19)11-9-15)18(21(2)3)12-6-5-7-13-18/h8-11,17,20H,4-7,12-14H2,1-3H3. The minimum atomic E-state index is 0.307. The predicted molar refractivity (Wildman–Crippen MR) is 94.8 cm³/mol. The van der Waals surface area contributed by atoms with Crippen molar-refractivity contribution in [3.8, 4) is 0 Å². The number of likely N-dealkylation sites (N-methyl/N-ethyl adjacent to an activating group) is 2. The fourth-order valence-electron chi connectivity index (χ4n) is 3.83. The van der Waals surface area contributed by atoms with Crippen LogP contribution in [-0.4, -0.2) is 37.1 Å². The molecule has 1 aliphatic carbocycles. The van der Waals surface area contributed by atoms with Crippen LogP contribution in [0.25, 0.3) is 0 Å². The molecular weight excluding hydrogens is 324 g/mol. The lowest BCUT2D eigenvalue weighted by Crippen LogP contribution is -2.60. The van der Waals surface area contributed by atoms with Crippen molar-refractivity contribution in [2.45, 2.75) is 57.0 Å². The highest BCUT2D eigenvalue weighted by atomic mass is 79.9. The van der Waals surface area contributed by atoms with Crippen LogP contribution in [0, 0.1) is 0 Å². The van der Waals surface area contributed by atoms with Gasteiger partial charge in [-0.3, -0.25) is 0 Å². The van der Waals surface area contributed by atoms with E-state index in [9.17, 15) is 0 Å². The molecule has 0 bridgehead atoms. The lowest BCUT2D eigenvalue weighted by molar-refractivity contribution is 0.0575. The van der Waals surface area contributed by atoms with Crippen molar-refractivity contribution < 1.29 is 0 Å². The molecule has 1 aromatic rings. The van der Waals surface area contributed by atoms with Crippen molar-refractivity contribution in [3.63, 3.8) is 0 Å². The third kappa shape index (κ3) is 4.08. The summed E-state index contributed by atoms with van der Waals surface area (Å²) in [5.74, 6) is 0. The molecule has 0 aromatic heterocycles. The van der Waals surface area contributed by atoms with Crippen LogP contribution >= 0.6 is 15.9 Å². The maximum Gasteiger partial charge on any atom is 0.0359 e. The number of hydrogen-bond acceptors (Lipinski definition) is 2. The van der Waals surface area contributed by atoms with Gasteiger partial charge in [-0.05, 0) is 57.6 Å². The van der Waals surface area contributed by atoms with Gasteiger partial charge in [0.25, 0.3) is 0 Å². The SMILES string of the molecule is CCNC(Cc1ccc(Br)cc1)C1(N(C)C)CCCCC1. The molecule has 2 rings (SSSR count). The van der Waals surface area contributed by atoms with Gasteiger partial charge in [0.2, 0.25) is 0 Å². The average molecular weight is 353 g/mol. The lowest BCUT2D eigenvalue weighted by Gasteiger charge is -2.49. The monoisotopic (exact) mass is 352 g/mol. The van der Waals surface area contributed by atoms with E-state index in [-0.39, 0.29) is 0 Å². The molecule has 1 aliphatic rings. The highest BCUT2D eigenvalue weighted by molar-refractivity contribution is 9.10. The molecule has 0 radical (unpaired) electrons. The molecule has 1 fully saturated rings. The van der Waals surface area contributed by atoms with E-state index in [0.717, 1.165) is 17.4 Å². The Labute approximate surface area is 138 Å². The average Bonchev–Trinajstić information content (AvgIpc) is 2.49. The molecule has 1 N–H and O–H groups in total. The molecule has 1 atom stereocenters. The second-order valence-electron chi connectivity index (χ2n) is 6.50. The van der Waals surface area contributed by atoms with Gasteiger partial charge in [0.15, 0.2) is 0 Å². The van der Waals surface area contributed by atoms with Crippen LogP contribution in [0.4, 0.5) is 0 Å². The first-order valence-electron chi connectivity index (χ1n) is 8.24. The van der Waals surface area contributed by atoms with Crippen molar-refractivity contribution in [3.05, 3.63) is 34.3 Å². The van der Waals surface area contributed by atoms with Gasteiger partial charge in [-0.15, -0.1) is 0 Å². The minimum Gasteiger partial charge on any atom is -0.312 e. The highest BCUT2D eigenvalue weighted by Crippen LogP contribution is 2.36. The molecule has 0 heterocycles. The Kier molecular flexibility index (Phi) is 6.27. The second-order valence-corrected chi connectivity index (χ2v) is 7.42. The van der Waals surface area contributed by atoms with E-state index in [2.05, 4.69) is 71.4 Å². The summed E-state index contributed by atoms with van der Waals surface area (Å²) in [7, 11) is 4.52. The van der Waals surface area contributed by atoms with Gasteiger partial charge < -0.3 is 10.2 Å². The number of nitrogens with one attached hydrogen (secondary N) is 1. The zero-order valence-electron chi connectivity index (χ0n) is 13.7. The normalized spacial score (nSPS) is 19.7. The van der Waals surface area contributed by atoms with E-state index in [1.54, 1.807) is 0 Å². The molecule has 0 saturated heterocycles. The number of halogens is 1. The fourth-order valence-corrected chi connectivity index (χ4v) is 4.09. The molecule has 1 unspecified atom stereocenters. The summed E-state index contributed by atoms with van der Waals surface area (Å²) >= 11 is 3.53. The van der Waals surface area contributed by atoms with Crippen molar-refractivity contribution >= 4 is 15.9 Å². The van der Waals surface area contributed by atoms with E-state index in [1.165, 1.54) is 37.7 Å². The quantitative estimate of drug-likeness (QED) is 0.823. The predicted octanol–water partition coefficient (Wildman–Crippen LogP) is 4.23. The van der Waals surface area contributed by atoms with Crippen molar-refractivity contribution in [2.24, 2.45) is 0 Å². The van der Waals surface area contributed by atoms with Gasteiger partial charge in [-0.1, -0.05) is 54.2 Å². The van der Waals surface area contributed by atoms with Gasteiger partial charge in [0.1, 0.15) is 0 Å². The lowest BCUT2D eigenvalue weighted by atomic mass is 9.73. The molecule has 1 aromatic carbocycles. The zero-order valence-corrected chi connectivity index (χ0v) is 15.2. The Bertz CT molecular complexity index is 421. The molecule has 0 amide bonds. The molecule has 0 spiro atoms. The number of hydrogen-bond donors (Lipinski definition) is 1. The van der Waals surface area contributed by atoms with Crippen molar-refractivity contribution in [1.29, 1.82) is 0 Å². The molecule has 2 nitrogen and oxygen atoms in total. The first kappa shape index (κ1) is 17.0. The summed E-state index contributed by atoms with van der Waals surface area (Å²) in [5.41, 5.74) is 1.73. The number of nitrogens with zero attached hydrogens (tertiary/aromatic N) is 1. The van der Waals surface area contributed by atoms with E-state index < -0.39 is 0 Å². The fraction of sp³-hybridized carbons (Fsp3) is 0.667. The van der Waals surface area contributed by atoms with Gasteiger partial charge >= 0.3 is 0 Å². The first-order chi connectivity index (χ1) is 10.1. The summed E-state index contributed by atoms with van der Waals surface area (Å²) in [6, 6.07) is 9.34. The third-order valence-electron chi connectivity index (χ3n) is 5.06. The van der Waals surface area contributed by atoms with Gasteiger partial charge in [-0.25, -0.2) is 0 Å². The second kappa shape index (κ2) is 7.75. The smallest absolute Gasteiger partial charge is 0.0359 e. The highest BCUT2D eigenvalue weighted by Gasteiger charge is 2.41. The van der Waals surface area contributed by atoms with E-state index in [0.29, 0.717) is 11.6 Å². The van der Waals surface area contributed by atoms with Crippen LogP contribution in [0.3, 0.4) is 0 Å². The molecule has 118 valence electrons. The topological polar surface area (TPSA) is 15.3 Å². The maximum atomic E-state index is 3.78. The van der Waals surface area contributed by atoms with Crippen LogP contribution in [0.2, 0.25) is 0 Å². The Morgan fingerprint density at radius 2 is 1.76 bits per heavy atom. The van der Waals surface area contributed by atoms with Gasteiger partial charge in [0.05, 0.1) is 0 Å². The molecule has 3 heteroatoms. The Morgan fingerprint density at radius 1 is 1.14 bits per heavy atom. The van der Waals surface area contributed by atoms with Crippen molar-refractivity contribution in [2.75, 3.05) is 20.6 Å². The van der Waals surface area contributed by atoms with E-state index in [4.69, 9.17) is 0 Å². The molecular formula is C18H29BrN2. The summed E-state index contributed by atoms with van der Waals surface area (Å²) in [5, 5.41) is 3.78. The van der Waals surface area contributed by atoms with Gasteiger partial charge in [0, 0.05) is 16.1 Å². The number of benzene rings is 1. The van der Waals surface area contributed by atoms with Crippen LogP contribution in [-0.2, 0) is 6.42 Å². The minimum absolute atomic E-state index is 0.307. The Balaban J connectivity index is 2.20. The molecule has 21 heavy (non-hydrogen) atoms. The summed E-state index contributed by atoms with van der Waals surface area (Å²) in [6.07, 6.45) is 7.86. The molecule has 1 saturated carbocycles. The zero-order chi connectivity index (χ0) is 15.3. The van der Waals surface area contributed by atoms with Crippen LogP contribution in [0.15, 0.2) is 28.7 Å². The summed E-state index contributed by atoms with van der Waals surface area (Å²) in [6.45, 7) is 3.26. The first-order valence-corrected chi connectivity index (χ1v) is 9.03. The number of rotatable bonds is 6. The molecule has 0 aliphatic heterocycles. The Morgan fingerprint density at radius 3 is 2.29 bits per heavy atom. The third-order valence-corrected chi connectivity index (χ3v) is 5.59. The van der Waals surface area contributed by atoms with E-state index >= 15 is 0 Å². The van der Waals surface area contributed by atoms with Crippen LogP contribution in [0.5, 0.6) is 0 Å².